The highest BCUT2D eigenvalue weighted by Gasteiger charge is 2.28. The molecular weight excluding hydrogens is 236 g/mol. The normalized spacial score (nSPS) is 24.0. The lowest BCUT2D eigenvalue weighted by molar-refractivity contribution is -0.131. The van der Waals surface area contributed by atoms with Gasteiger partial charge in [0.25, 0.3) is 5.91 Å². The fraction of sp³-hybridized carbons (Fsp3) is 0.583. The van der Waals surface area contributed by atoms with Crippen molar-refractivity contribution in [2.45, 2.75) is 32.7 Å². The van der Waals surface area contributed by atoms with Crippen LogP contribution in [0.1, 0.15) is 26.7 Å². The Bertz CT molecular complexity index is 378. The summed E-state index contributed by atoms with van der Waals surface area (Å²) in [5, 5.41) is 10.5. The first-order chi connectivity index (χ1) is 8.41. The number of carbonyl (C=O) groups is 3. The summed E-state index contributed by atoms with van der Waals surface area (Å²) in [6, 6.07) is -0.385. The minimum Gasteiger partial charge on any atom is -0.478 e. The van der Waals surface area contributed by atoms with Crippen LogP contribution in [-0.2, 0) is 9.59 Å². The van der Waals surface area contributed by atoms with Gasteiger partial charge in [0.05, 0.1) is 0 Å². The quantitative estimate of drug-likeness (QED) is 0.719. The number of amides is 3. The SMILES string of the molecule is CC1CCCN(C(=O)NC(=O)/C=C/C(=O)O)C1C. The number of piperidine rings is 1. The predicted molar refractivity (Wildman–Crippen MR) is 64.9 cm³/mol. The molecule has 0 aromatic carbocycles. The Hall–Kier alpha value is -1.85. The van der Waals surface area contributed by atoms with E-state index >= 15 is 0 Å². The number of carboxylic acid groups (broad SMARTS) is 1. The molecule has 3 amide bonds. The number of nitrogens with one attached hydrogen (secondary N) is 1. The molecule has 0 bridgehead atoms. The molecule has 100 valence electrons. The molecule has 2 atom stereocenters. The maximum absolute atomic E-state index is 11.8. The minimum absolute atomic E-state index is 0.0787. The molecule has 18 heavy (non-hydrogen) atoms. The van der Waals surface area contributed by atoms with E-state index in [2.05, 4.69) is 12.2 Å². The van der Waals surface area contributed by atoms with Crippen molar-refractivity contribution < 1.29 is 19.5 Å². The van der Waals surface area contributed by atoms with E-state index in [4.69, 9.17) is 5.11 Å². The van der Waals surface area contributed by atoms with Crippen LogP contribution in [0.2, 0.25) is 0 Å². The van der Waals surface area contributed by atoms with Gasteiger partial charge in [-0.15, -0.1) is 0 Å². The van der Waals surface area contributed by atoms with Crippen molar-refractivity contribution >= 4 is 17.9 Å². The van der Waals surface area contributed by atoms with Crippen LogP contribution in [0.3, 0.4) is 0 Å². The van der Waals surface area contributed by atoms with Crippen LogP contribution in [0.5, 0.6) is 0 Å². The van der Waals surface area contributed by atoms with Gasteiger partial charge in [0.15, 0.2) is 0 Å². The molecule has 1 rings (SSSR count). The molecule has 1 saturated heterocycles. The Morgan fingerprint density at radius 2 is 1.94 bits per heavy atom. The number of hydrogen-bond acceptors (Lipinski definition) is 3. The summed E-state index contributed by atoms with van der Waals surface area (Å²) < 4.78 is 0. The lowest BCUT2D eigenvalue weighted by Gasteiger charge is -2.37. The van der Waals surface area contributed by atoms with Crippen LogP contribution in [0, 0.1) is 5.92 Å². The van der Waals surface area contributed by atoms with Crippen molar-refractivity contribution in [2.75, 3.05) is 6.54 Å². The van der Waals surface area contributed by atoms with Gasteiger partial charge in [0.2, 0.25) is 0 Å². The first-order valence-corrected chi connectivity index (χ1v) is 5.94. The molecule has 0 aromatic heterocycles. The van der Waals surface area contributed by atoms with Crippen LogP contribution in [0.4, 0.5) is 4.79 Å². The summed E-state index contributed by atoms with van der Waals surface area (Å²) in [7, 11) is 0. The molecule has 6 heteroatoms. The Labute approximate surface area is 106 Å². The van der Waals surface area contributed by atoms with Gasteiger partial charge in [-0.25, -0.2) is 9.59 Å². The fourth-order valence-electron chi connectivity index (χ4n) is 1.99. The molecule has 0 saturated carbocycles. The Balaban J connectivity index is 2.54. The maximum atomic E-state index is 11.8. The summed E-state index contributed by atoms with van der Waals surface area (Å²) >= 11 is 0. The van der Waals surface area contributed by atoms with Gasteiger partial charge in [-0.05, 0) is 25.7 Å². The van der Waals surface area contributed by atoms with Crippen LogP contribution in [0.15, 0.2) is 12.2 Å². The molecule has 1 fully saturated rings. The van der Waals surface area contributed by atoms with Gasteiger partial charge in [-0.1, -0.05) is 6.92 Å². The Kier molecular flexibility index (Phi) is 4.88. The second-order valence-corrected chi connectivity index (χ2v) is 4.52. The zero-order valence-corrected chi connectivity index (χ0v) is 10.5. The van der Waals surface area contributed by atoms with Gasteiger partial charge in [-0.3, -0.25) is 10.1 Å². The van der Waals surface area contributed by atoms with Gasteiger partial charge in [0, 0.05) is 24.7 Å². The molecule has 2 N–H and O–H groups in total. The first kappa shape index (κ1) is 14.2. The molecule has 1 heterocycles. The van der Waals surface area contributed by atoms with Crippen molar-refractivity contribution in [3.8, 4) is 0 Å². The van der Waals surface area contributed by atoms with Gasteiger partial charge >= 0.3 is 12.0 Å². The van der Waals surface area contributed by atoms with Crippen LogP contribution in [-0.4, -0.2) is 40.5 Å². The summed E-state index contributed by atoms with van der Waals surface area (Å²) in [5.41, 5.74) is 0. The van der Waals surface area contributed by atoms with Gasteiger partial charge in [-0.2, -0.15) is 0 Å². The van der Waals surface area contributed by atoms with Crippen LogP contribution < -0.4 is 5.32 Å². The molecular formula is C12H18N2O4. The highest BCUT2D eigenvalue weighted by molar-refractivity contribution is 6.02. The molecule has 0 aromatic rings. The van der Waals surface area contributed by atoms with Crippen molar-refractivity contribution in [1.82, 2.24) is 10.2 Å². The zero-order chi connectivity index (χ0) is 13.7. The highest BCUT2D eigenvalue weighted by Crippen LogP contribution is 2.22. The van der Waals surface area contributed by atoms with E-state index in [-0.39, 0.29) is 6.04 Å². The number of hydrogen-bond donors (Lipinski definition) is 2. The van der Waals surface area contributed by atoms with Crippen LogP contribution >= 0.6 is 0 Å². The van der Waals surface area contributed by atoms with E-state index in [1.165, 1.54) is 0 Å². The van der Waals surface area contributed by atoms with E-state index < -0.39 is 17.9 Å². The van der Waals surface area contributed by atoms with Gasteiger partial charge in [0.1, 0.15) is 0 Å². The summed E-state index contributed by atoms with van der Waals surface area (Å²) in [6.45, 7) is 4.63. The van der Waals surface area contributed by atoms with E-state index in [9.17, 15) is 14.4 Å². The van der Waals surface area contributed by atoms with E-state index in [0.29, 0.717) is 18.5 Å². The molecule has 1 aliphatic heterocycles. The maximum Gasteiger partial charge on any atom is 0.328 e. The third-order valence-electron chi connectivity index (χ3n) is 3.24. The van der Waals surface area contributed by atoms with Crippen LogP contribution in [0.25, 0.3) is 0 Å². The van der Waals surface area contributed by atoms with Gasteiger partial charge < -0.3 is 10.0 Å². The largest absolute Gasteiger partial charge is 0.478 e. The molecule has 0 aliphatic carbocycles. The number of aliphatic carboxylic acids is 1. The number of imide groups is 1. The van der Waals surface area contributed by atoms with E-state index in [0.717, 1.165) is 18.9 Å². The van der Waals surface area contributed by atoms with Crippen molar-refractivity contribution in [1.29, 1.82) is 0 Å². The first-order valence-electron chi connectivity index (χ1n) is 5.94. The lowest BCUT2D eigenvalue weighted by Crippen LogP contribution is -2.51. The number of urea groups is 1. The lowest BCUT2D eigenvalue weighted by atomic mass is 9.92. The predicted octanol–water partition coefficient (Wildman–Crippen LogP) is 0.984. The molecule has 1 aliphatic rings. The van der Waals surface area contributed by atoms with Crippen molar-refractivity contribution in [3.63, 3.8) is 0 Å². The Morgan fingerprint density at radius 1 is 1.28 bits per heavy atom. The number of carboxylic acids is 1. The fourth-order valence-corrected chi connectivity index (χ4v) is 1.99. The summed E-state index contributed by atoms with van der Waals surface area (Å²) in [6.07, 6.45) is 3.51. The second-order valence-electron chi connectivity index (χ2n) is 4.52. The third kappa shape index (κ3) is 3.87. The third-order valence-corrected chi connectivity index (χ3v) is 3.24. The monoisotopic (exact) mass is 254 g/mol. The zero-order valence-electron chi connectivity index (χ0n) is 10.5. The van der Waals surface area contributed by atoms with Crippen molar-refractivity contribution in [2.24, 2.45) is 5.92 Å². The summed E-state index contributed by atoms with van der Waals surface area (Å²) in [4.78, 5) is 34.9. The number of carbonyl (C=O) groups excluding carboxylic acids is 2. The van der Waals surface area contributed by atoms with E-state index in [1.54, 1.807) is 4.90 Å². The molecule has 0 radical (unpaired) electrons. The Morgan fingerprint density at radius 3 is 2.56 bits per heavy atom. The minimum atomic E-state index is -1.22. The second kappa shape index (κ2) is 6.18. The highest BCUT2D eigenvalue weighted by atomic mass is 16.4. The standard InChI is InChI=1S/C12H18N2O4/c1-8-4-3-7-14(9(8)2)12(18)13-10(15)5-6-11(16)17/h5-6,8-9H,3-4,7H2,1-2H3,(H,16,17)(H,13,15,18)/b6-5+. The average Bonchev–Trinajstić information content (AvgIpc) is 2.30. The number of rotatable bonds is 2. The molecule has 0 spiro atoms. The topological polar surface area (TPSA) is 86.7 Å². The van der Waals surface area contributed by atoms with E-state index in [1.807, 2.05) is 6.92 Å². The summed E-state index contributed by atoms with van der Waals surface area (Å²) in [5.74, 6) is -1.54. The molecule has 2 unspecified atom stereocenters. The number of nitrogens with zero attached hydrogens (tertiary/aromatic N) is 1. The number of likely N-dealkylation sites (tertiary alicyclic amines) is 1. The molecule has 6 nitrogen and oxygen atoms in total. The average molecular weight is 254 g/mol. The smallest absolute Gasteiger partial charge is 0.328 e. The van der Waals surface area contributed by atoms with Crippen molar-refractivity contribution in [3.05, 3.63) is 12.2 Å².